The molecule has 21 heavy (non-hydrogen) atoms. The molecule has 0 unspecified atom stereocenters. The predicted molar refractivity (Wildman–Crippen MR) is 85.5 cm³/mol. The molecule has 3 heteroatoms. The average Bonchev–Trinajstić information content (AvgIpc) is 2.55. The SMILES string of the molecule is CCCC1(C(=O)c2cncc3ccccc23)CCNCC1. The third-order valence-corrected chi connectivity index (χ3v) is 4.68. The molecule has 1 saturated heterocycles. The lowest BCUT2D eigenvalue weighted by molar-refractivity contribution is 0.0706. The number of hydrogen-bond acceptors (Lipinski definition) is 3. The van der Waals surface area contributed by atoms with E-state index in [1.807, 2.05) is 30.5 Å². The van der Waals surface area contributed by atoms with Crippen molar-refractivity contribution in [3.8, 4) is 0 Å². The van der Waals surface area contributed by atoms with E-state index in [0.717, 1.165) is 55.1 Å². The Labute approximate surface area is 125 Å². The fourth-order valence-corrected chi connectivity index (χ4v) is 3.56. The summed E-state index contributed by atoms with van der Waals surface area (Å²) in [5.74, 6) is 0.287. The highest BCUT2D eigenvalue weighted by atomic mass is 16.1. The van der Waals surface area contributed by atoms with E-state index in [4.69, 9.17) is 0 Å². The molecule has 1 aliphatic rings. The molecule has 1 aromatic carbocycles. The average molecular weight is 282 g/mol. The first-order valence-electron chi connectivity index (χ1n) is 7.85. The second-order valence-corrected chi connectivity index (χ2v) is 6.02. The molecule has 1 aromatic heterocycles. The topological polar surface area (TPSA) is 42.0 Å². The number of piperidine rings is 1. The van der Waals surface area contributed by atoms with Gasteiger partial charge in [-0.25, -0.2) is 0 Å². The van der Waals surface area contributed by atoms with E-state index in [-0.39, 0.29) is 11.2 Å². The lowest BCUT2D eigenvalue weighted by Crippen LogP contribution is -2.42. The van der Waals surface area contributed by atoms with Gasteiger partial charge >= 0.3 is 0 Å². The third kappa shape index (κ3) is 2.58. The van der Waals surface area contributed by atoms with Crippen molar-refractivity contribution in [1.29, 1.82) is 0 Å². The standard InChI is InChI=1S/C18H22N2O/c1-2-7-18(8-10-19-11-9-18)17(21)16-13-20-12-14-5-3-4-6-15(14)16/h3-6,12-13,19H,2,7-11H2,1H3. The molecular weight excluding hydrogens is 260 g/mol. The third-order valence-electron chi connectivity index (χ3n) is 4.68. The summed E-state index contributed by atoms with van der Waals surface area (Å²) in [6, 6.07) is 8.04. The highest BCUT2D eigenvalue weighted by Crippen LogP contribution is 2.38. The Kier molecular flexibility index (Phi) is 4.02. The summed E-state index contributed by atoms with van der Waals surface area (Å²) in [4.78, 5) is 17.5. The van der Waals surface area contributed by atoms with Crippen molar-refractivity contribution < 1.29 is 4.79 Å². The molecular formula is C18H22N2O. The summed E-state index contributed by atoms with van der Waals surface area (Å²) < 4.78 is 0. The minimum Gasteiger partial charge on any atom is -0.317 e. The van der Waals surface area contributed by atoms with E-state index in [2.05, 4.69) is 17.2 Å². The van der Waals surface area contributed by atoms with E-state index in [0.29, 0.717) is 0 Å². The highest BCUT2D eigenvalue weighted by molar-refractivity contribution is 6.10. The molecule has 110 valence electrons. The Bertz CT molecular complexity index is 634. The van der Waals surface area contributed by atoms with Crippen LogP contribution in [0.5, 0.6) is 0 Å². The normalized spacial score (nSPS) is 17.8. The summed E-state index contributed by atoms with van der Waals surface area (Å²) in [6.45, 7) is 4.03. The smallest absolute Gasteiger partial charge is 0.171 e. The highest BCUT2D eigenvalue weighted by Gasteiger charge is 2.39. The molecule has 3 nitrogen and oxygen atoms in total. The molecule has 1 aliphatic heterocycles. The van der Waals surface area contributed by atoms with Gasteiger partial charge in [0.05, 0.1) is 0 Å². The largest absolute Gasteiger partial charge is 0.317 e. The van der Waals surface area contributed by atoms with Crippen molar-refractivity contribution in [2.45, 2.75) is 32.6 Å². The maximum absolute atomic E-state index is 13.3. The van der Waals surface area contributed by atoms with Gasteiger partial charge in [-0.3, -0.25) is 9.78 Å². The van der Waals surface area contributed by atoms with Crippen molar-refractivity contribution >= 4 is 16.6 Å². The van der Waals surface area contributed by atoms with Crippen LogP contribution in [0, 0.1) is 5.41 Å². The molecule has 0 radical (unpaired) electrons. The Hall–Kier alpha value is -1.74. The summed E-state index contributed by atoms with van der Waals surface area (Å²) in [7, 11) is 0. The molecule has 0 aliphatic carbocycles. The number of hydrogen-bond donors (Lipinski definition) is 1. The summed E-state index contributed by atoms with van der Waals surface area (Å²) in [5, 5.41) is 5.45. The lowest BCUT2D eigenvalue weighted by atomic mass is 9.70. The molecule has 1 fully saturated rings. The van der Waals surface area contributed by atoms with Crippen LogP contribution in [0.25, 0.3) is 10.8 Å². The van der Waals surface area contributed by atoms with Gasteiger partial charge in [0.2, 0.25) is 0 Å². The second-order valence-electron chi connectivity index (χ2n) is 6.02. The molecule has 0 bridgehead atoms. The van der Waals surface area contributed by atoms with Crippen molar-refractivity contribution in [3.05, 3.63) is 42.2 Å². The van der Waals surface area contributed by atoms with Gasteiger partial charge in [0.15, 0.2) is 5.78 Å². The van der Waals surface area contributed by atoms with Gasteiger partial charge in [0.25, 0.3) is 0 Å². The molecule has 0 amide bonds. The molecule has 1 N–H and O–H groups in total. The Balaban J connectivity index is 2.06. The number of aromatic nitrogens is 1. The van der Waals surface area contributed by atoms with Crippen LogP contribution >= 0.6 is 0 Å². The minimum absolute atomic E-state index is 0.203. The van der Waals surface area contributed by atoms with E-state index in [9.17, 15) is 4.79 Å². The Morgan fingerprint density at radius 1 is 1.24 bits per heavy atom. The fraction of sp³-hybridized carbons (Fsp3) is 0.444. The van der Waals surface area contributed by atoms with E-state index < -0.39 is 0 Å². The van der Waals surface area contributed by atoms with Gasteiger partial charge in [0, 0.05) is 28.8 Å². The number of pyridine rings is 1. The van der Waals surface area contributed by atoms with Crippen molar-refractivity contribution in [1.82, 2.24) is 10.3 Å². The van der Waals surface area contributed by atoms with E-state index in [1.54, 1.807) is 6.20 Å². The maximum Gasteiger partial charge on any atom is 0.171 e. The second kappa shape index (κ2) is 5.94. The molecule has 3 rings (SSSR count). The van der Waals surface area contributed by atoms with Gasteiger partial charge < -0.3 is 5.32 Å². The first-order valence-corrected chi connectivity index (χ1v) is 7.85. The minimum atomic E-state index is -0.203. The number of Topliss-reactive ketones (excluding diaryl/α,β-unsaturated/α-hetero) is 1. The van der Waals surface area contributed by atoms with Crippen molar-refractivity contribution in [2.75, 3.05) is 13.1 Å². The monoisotopic (exact) mass is 282 g/mol. The number of carbonyl (C=O) groups excluding carboxylic acids is 1. The number of carbonyl (C=O) groups is 1. The summed E-state index contributed by atoms with van der Waals surface area (Å²) in [5.41, 5.74) is 0.592. The lowest BCUT2D eigenvalue weighted by Gasteiger charge is -2.36. The predicted octanol–water partition coefficient (Wildman–Crippen LogP) is 3.59. The Morgan fingerprint density at radius 3 is 2.76 bits per heavy atom. The van der Waals surface area contributed by atoms with Crippen LogP contribution in [-0.4, -0.2) is 23.9 Å². The molecule has 2 heterocycles. The van der Waals surface area contributed by atoms with E-state index in [1.165, 1.54) is 0 Å². The molecule has 0 saturated carbocycles. The van der Waals surface area contributed by atoms with Gasteiger partial charge in [-0.2, -0.15) is 0 Å². The van der Waals surface area contributed by atoms with Crippen LogP contribution in [0.2, 0.25) is 0 Å². The summed E-state index contributed by atoms with van der Waals surface area (Å²) >= 11 is 0. The first kappa shape index (κ1) is 14.2. The molecule has 0 spiro atoms. The van der Waals surface area contributed by atoms with Crippen LogP contribution in [0.1, 0.15) is 43.0 Å². The number of rotatable bonds is 4. The summed E-state index contributed by atoms with van der Waals surface area (Å²) in [6.07, 6.45) is 7.47. The number of nitrogens with one attached hydrogen (secondary N) is 1. The quantitative estimate of drug-likeness (QED) is 0.871. The number of nitrogens with zero attached hydrogens (tertiary/aromatic N) is 1. The van der Waals surface area contributed by atoms with Gasteiger partial charge in [-0.05, 0) is 37.7 Å². The van der Waals surface area contributed by atoms with E-state index >= 15 is 0 Å². The van der Waals surface area contributed by atoms with Crippen LogP contribution in [0.3, 0.4) is 0 Å². The zero-order valence-corrected chi connectivity index (χ0v) is 12.6. The van der Waals surface area contributed by atoms with Gasteiger partial charge in [0.1, 0.15) is 0 Å². The van der Waals surface area contributed by atoms with Crippen molar-refractivity contribution in [3.63, 3.8) is 0 Å². The molecule has 0 atom stereocenters. The van der Waals surface area contributed by atoms with Crippen molar-refractivity contribution in [2.24, 2.45) is 5.41 Å². The zero-order chi connectivity index (χ0) is 14.7. The fourth-order valence-electron chi connectivity index (χ4n) is 3.56. The number of ketones is 1. The van der Waals surface area contributed by atoms with Crippen LogP contribution in [-0.2, 0) is 0 Å². The van der Waals surface area contributed by atoms with Crippen LogP contribution < -0.4 is 5.32 Å². The maximum atomic E-state index is 13.3. The van der Waals surface area contributed by atoms with Crippen LogP contribution in [0.4, 0.5) is 0 Å². The number of benzene rings is 1. The number of fused-ring (bicyclic) bond motifs is 1. The zero-order valence-electron chi connectivity index (χ0n) is 12.6. The van der Waals surface area contributed by atoms with Gasteiger partial charge in [-0.1, -0.05) is 37.6 Å². The van der Waals surface area contributed by atoms with Crippen LogP contribution in [0.15, 0.2) is 36.7 Å². The first-order chi connectivity index (χ1) is 10.3. The molecule has 2 aromatic rings. The van der Waals surface area contributed by atoms with Gasteiger partial charge in [-0.15, -0.1) is 0 Å². The Morgan fingerprint density at radius 2 is 2.00 bits per heavy atom.